The summed E-state index contributed by atoms with van der Waals surface area (Å²) in [5, 5.41) is 2.37. The van der Waals surface area contributed by atoms with Crippen LogP contribution in [0, 0.1) is 23.4 Å². The van der Waals surface area contributed by atoms with Crippen molar-refractivity contribution in [2.75, 3.05) is 13.6 Å². The van der Waals surface area contributed by atoms with E-state index in [9.17, 15) is 18.0 Å². The van der Waals surface area contributed by atoms with Crippen LogP contribution in [0.4, 0.5) is 13.2 Å². The number of amides is 1. The highest BCUT2D eigenvalue weighted by molar-refractivity contribution is 5.78. The van der Waals surface area contributed by atoms with Gasteiger partial charge < -0.3 is 11.1 Å². The van der Waals surface area contributed by atoms with Gasteiger partial charge in [0.15, 0.2) is 11.6 Å². The fraction of sp³-hybridized carbons (Fsp3) is 0.364. The second-order valence-corrected chi connectivity index (χ2v) is 3.61. The summed E-state index contributed by atoms with van der Waals surface area (Å²) in [6.07, 6.45) is -0.0702. The molecule has 94 valence electrons. The Labute approximate surface area is 96.8 Å². The molecule has 0 aromatic heterocycles. The molecule has 0 saturated carbocycles. The second kappa shape index (κ2) is 5.67. The Kier molecular flexibility index (Phi) is 4.51. The first-order chi connectivity index (χ1) is 7.99. The molecule has 3 N–H and O–H groups in total. The minimum absolute atomic E-state index is 0.00188. The molecule has 17 heavy (non-hydrogen) atoms. The normalized spacial score (nSPS) is 12.3. The molecular formula is C11H13F3N2O. The third kappa shape index (κ3) is 3.20. The lowest BCUT2D eigenvalue weighted by atomic mass is 9.98. The van der Waals surface area contributed by atoms with Crippen LogP contribution in [0.5, 0.6) is 0 Å². The van der Waals surface area contributed by atoms with E-state index in [2.05, 4.69) is 5.32 Å². The van der Waals surface area contributed by atoms with Gasteiger partial charge in [-0.2, -0.15) is 0 Å². The van der Waals surface area contributed by atoms with Gasteiger partial charge >= 0.3 is 0 Å². The number of hydrogen-bond acceptors (Lipinski definition) is 2. The number of carbonyl (C=O) groups excluding carboxylic acids is 1. The van der Waals surface area contributed by atoms with Crippen molar-refractivity contribution >= 4 is 5.91 Å². The van der Waals surface area contributed by atoms with E-state index in [0.717, 1.165) is 6.07 Å². The largest absolute Gasteiger partial charge is 0.359 e. The highest BCUT2D eigenvalue weighted by Crippen LogP contribution is 2.17. The van der Waals surface area contributed by atoms with Crippen LogP contribution >= 0.6 is 0 Å². The van der Waals surface area contributed by atoms with Gasteiger partial charge in [-0.3, -0.25) is 4.79 Å². The van der Waals surface area contributed by atoms with Crippen molar-refractivity contribution in [3.63, 3.8) is 0 Å². The molecule has 0 fully saturated rings. The summed E-state index contributed by atoms with van der Waals surface area (Å²) in [7, 11) is 1.42. The number of rotatable bonds is 4. The van der Waals surface area contributed by atoms with E-state index in [1.54, 1.807) is 0 Å². The highest BCUT2D eigenvalue weighted by Gasteiger charge is 2.19. The summed E-state index contributed by atoms with van der Waals surface area (Å²) in [6, 6.07) is 1.21. The molecule has 0 aliphatic carbocycles. The van der Waals surface area contributed by atoms with E-state index in [4.69, 9.17) is 5.73 Å². The zero-order valence-electron chi connectivity index (χ0n) is 9.27. The Morgan fingerprint density at radius 1 is 1.29 bits per heavy atom. The molecule has 1 rings (SSSR count). The van der Waals surface area contributed by atoms with E-state index in [-0.39, 0.29) is 24.4 Å². The summed E-state index contributed by atoms with van der Waals surface area (Å²) in [4.78, 5) is 11.3. The van der Waals surface area contributed by atoms with Gasteiger partial charge in [0.2, 0.25) is 5.91 Å². The van der Waals surface area contributed by atoms with E-state index in [1.165, 1.54) is 7.05 Å². The number of nitrogens with two attached hydrogens (primary N) is 1. The predicted molar refractivity (Wildman–Crippen MR) is 56.6 cm³/mol. The van der Waals surface area contributed by atoms with Crippen molar-refractivity contribution in [2.24, 2.45) is 11.7 Å². The minimum atomic E-state index is -1.25. The Balaban J connectivity index is 2.94. The van der Waals surface area contributed by atoms with Gasteiger partial charge in [0, 0.05) is 19.7 Å². The maximum absolute atomic E-state index is 13.3. The molecule has 0 spiro atoms. The Hall–Kier alpha value is -1.56. The number of nitrogens with one attached hydrogen (secondary N) is 1. The number of benzene rings is 1. The molecular weight excluding hydrogens is 233 g/mol. The van der Waals surface area contributed by atoms with E-state index in [1.807, 2.05) is 0 Å². The second-order valence-electron chi connectivity index (χ2n) is 3.61. The summed E-state index contributed by atoms with van der Waals surface area (Å²) in [5.74, 6) is -4.31. The molecule has 0 radical (unpaired) electrons. The minimum Gasteiger partial charge on any atom is -0.359 e. The predicted octanol–water partition coefficient (Wildman–Crippen LogP) is 0.967. The zero-order valence-corrected chi connectivity index (χ0v) is 9.27. The van der Waals surface area contributed by atoms with Crippen LogP contribution in [-0.4, -0.2) is 19.5 Å². The van der Waals surface area contributed by atoms with Crippen LogP contribution in [0.25, 0.3) is 0 Å². The van der Waals surface area contributed by atoms with Crippen LogP contribution < -0.4 is 11.1 Å². The van der Waals surface area contributed by atoms with Crippen molar-refractivity contribution < 1.29 is 18.0 Å². The lowest BCUT2D eigenvalue weighted by Gasteiger charge is -2.13. The van der Waals surface area contributed by atoms with Gasteiger partial charge in [0.1, 0.15) is 5.82 Å². The number of halogens is 3. The van der Waals surface area contributed by atoms with Crippen molar-refractivity contribution in [3.05, 3.63) is 35.1 Å². The molecule has 1 amide bonds. The van der Waals surface area contributed by atoms with Crippen LogP contribution in [0.2, 0.25) is 0 Å². The maximum atomic E-state index is 13.3. The molecule has 0 aliphatic rings. The Bertz CT molecular complexity index is 423. The molecule has 6 heteroatoms. The van der Waals surface area contributed by atoms with Crippen molar-refractivity contribution in [3.8, 4) is 0 Å². The lowest BCUT2D eigenvalue weighted by Crippen LogP contribution is -2.34. The molecule has 1 atom stereocenters. The van der Waals surface area contributed by atoms with Crippen LogP contribution in [0.1, 0.15) is 5.56 Å². The van der Waals surface area contributed by atoms with Gasteiger partial charge in [0.25, 0.3) is 0 Å². The topological polar surface area (TPSA) is 55.1 Å². The standard InChI is InChI=1S/C11H13F3N2O/c1-16-11(17)7(5-15)2-6-3-9(13)10(14)4-8(6)12/h3-4,7H,2,5,15H2,1H3,(H,16,17). The Morgan fingerprint density at radius 3 is 2.41 bits per heavy atom. The third-order valence-corrected chi connectivity index (χ3v) is 2.46. The maximum Gasteiger partial charge on any atom is 0.224 e. The van der Waals surface area contributed by atoms with Crippen molar-refractivity contribution in [1.29, 1.82) is 0 Å². The third-order valence-electron chi connectivity index (χ3n) is 2.46. The van der Waals surface area contributed by atoms with Crippen molar-refractivity contribution in [2.45, 2.75) is 6.42 Å². The van der Waals surface area contributed by atoms with Gasteiger partial charge in [0.05, 0.1) is 5.92 Å². The van der Waals surface area contributed by atoms with E-state index in [0.29, 0.717) is 6.07 Å². The first-order valence-electron chi connectivity index (χ1n) is 5.04. The summed E-state index contributed by atoms with van der Waals surface area (Å²) in [5.41, 5.74) is 5.30. The monoisotopic (exact) mass is 246 g/mol. The van der Waals surface area contributed by atoms with Gasteiger partial charge in [-0.25, -0.2) is 13.2 Å². The molecule has 0 heterocycles. The van der Waals surface area contributed by atoms with Crippen molar-refractivity contribution in [1.82, 2.24) is 5.32 Å². The van der Waals surface area contributed by atoms with E-state index >= 15 is 0 Å². The lowest BCUT2D eigenvalue weighted by molar-refractivity contribution is -0.124. The summed E-state index contributed by atoms with van der Waals surface area (Å²) < 4.78 is 38.9. The average Bonchev–Trinajstić information content (AvgIpc) is 2.31. The van der Waals surface area contributed by atoms with Gasteiger partial charge in [-0.05, 0) is 18.1 Å². The molecule has 0 bridgehead atoms. The number of carbonyl (C=O) groups is 1. The molecule has 3 nitrogen and oxygen atoms in total. The molecule has 1 unspecified atom stereocenters. The van der Waals surface area contributed by atoms with Gasteiger partial charge in [-0.1, -0.05) is 0 Å². The van der Waals surface area contributed by atoms with Gasteiger partial charge in [-0.15, -0.1) is 0 Å². The van der Waals surface area contributed by atoms with Crippen LogP contribution in [-0.2, 0) is 11.2 Å². The SMILES string of the molecule is CNC(=O)C(CN)Cc1cc(F)c(F)cc1F. The highest BCUT2D eigenvalue weighted by atomic mass is 19.2. The first kappa shape index (κ1) is 13.5. The van der Waals surface area contributed by atoms with Crippen LogP contribution in [0.3, 0.4) is 0 Å². The average molecular weight is 246 g/mol. The molecule has 0 aliphatic heterocycles. The molecule has 0 saturated heterocycles. The fourth-order valence-electron chi connectivity index (χ4n) is 1.47. The fourth-order valence-corrected chi connectivity index (χ4v) is 1.47. The summed E-state index contributed by atoms with van der Waals surface area (Å²) >= 11 is 0. The van der Waals surface area contributed by atoms with E-state index < -0.39 is 23.4 Å². The zero-order chi connectivity index (χ0) is 13.0. The first-order valence-corrected chi connectivity index (χ1v) is 5.04. The molecule has 1 aromatic carbocycles. The smallest absolute Gasteiger partial charge is 0.224 e. The summed E-state index contributed by atoms with van der Waals surface area (Å²) in [6.45, 7) is -0.00188. The van der Waals surface area contributed by atoms with Crippen LogP contribution in [0.15, 0.2) is 12.1 Å². The quantitative estimate of drug-likeness (QED) is 0.778. The Morgan fingerprint density at radius 2 is 1.88 bits per heavy atom. The molecule has 1 aromatic rings. The number of hydrogen-bond donors (Lipinski definition) is 2.